The van der Waals surface area contributed by atoms with Gasteiger partial charge in [-0.2, -0.15) is 0 Å². The third-order valence-electron chi connectivity index (χ3n) is 4.84. The highest BCUT2D eigenvalue weighted by Gasteiger charge is 2.40. The Kier molecular flexibility index (Phi) is 4.52. The summed E-state index contributed by atoms with van der Waals surface area (Å²) in [6.07, 6.45) is 4.67. The first-order valence-electron chi connectivity index (χ1n) is 7.79. The minimum Gasteiger partial charge on any atom is -0.493 e. The van der Waals surface area contributed by atoms with E-state index in [1.165, 1.54) is 0 Å². The first-order valence-corrected chi connectivity index (χ1v) is 9.07. The molecule has 0 N–H and O–H groups in total. The number of hydrogen-bond donors (Lipinski definition) is 0. The van der Waals surface area contributed by atoms with Gasteiger partial charge in [0.2, 0.25) is 0 Å². The van der Waals surface area contributed by atoms with Crippen molar-refractivity contribution in [3.8, 4) is 11.5 Å². The third kappa shape index (κ3) is 2.78. The molecule has 120 valence electrons. The molecule has 4 nitrogen and oxygen atoms in total. The zero-order valence-corrected chi connectivity index (χ0v) is 13.9. The zero-order valence-electron chi connectivity index (χ0n) is 13.0. The molecule has 0 aliphatic carbocycles. The van der Waals surface area contributed by atoms with Crippen molar-refractivity contribution >= 4 is 16.6 Å². The van der Waals surface area contributed by atoms with E-state index < -0.39 is 10.8 Å². The summed E-state index contributed by atoms with van der Waals surface area (Å²) in [7, 11) is 2.41. The minimum absolute atomic E-state index is 0.00824. The Balaban J connectivity index is 1.81. The predicted octanol–water partition coefficient (Wildman–Crippen LogP) is 2.97. The minimum atomic E-state index is -0.738. The van der Waals surface area contributed by atoms with E-state index in [4.69, 9.17) is 9.47 Å². The van der Waals surface area contributed by atoms with E-state index in [2.05, 4.69) is 0 Å². The summed E-state index contributed by atoms with van der Waals surface area (Å²) < 4.78 is 22.8. The maximum Gasteiger partial charge on any atom is 0.166 e. The molecule has 0 radical (unpaired) electrons. The van der Waals surface area contributed by atoms with Crippen molar-refractivity contribution in [2.24, 2.45) is 5.92 Å². The lowest BCUT2D eigenvalue weighted by atomic mass is 9.84. The maximum absolute atomic E-state index is 12.8. The van der Waals surface area contributed by atoms with Crippen LogP contribution < -0.4 is 9.47 Å². The first kappa shape index (κ1) is 15.5. The molecule has 0 spiro atoms. The van der Waals surface area contributed by atoms with Gasteiger partial charge in [0.05, 0.1) is 14.2 Å². The molecule has 2 aliphatic heterocycles. The van der Waals surface area contributed by atoms with Gasteiger partial charge in [0.1, 0.15) is 0 Å². The van der Waals surface area contributed by atoms with E-state index in [-0.39, 0.29) is 22.2 Å². The predicted molar refractivity (Wildman–Crippen MR) is 86.2 cm³/mol. The lowest BCUT2D eigenvalue weighted by molar-refractivity contribution is 0.0895. The molecule has 22 heavy (non-hydrogen) atoms. The Morgan fingerprint density at radius 1 is 1.09 bits per heavy atom. The van der Waals surface area contributed by atoms with Crippen molar-refractivity contribution in [1.82, 2.24) is 0 Å². The largest absolute Gasteiger partial charge is 0.493 e. The van der Waals surface area contributed by atoms with Gasteiger partial charge in [-0.05, 0) is 43.9 Å². The molecular weight excluding hydrogens is 300 g/mol. The molecule has 2 atom stereocenters. The molecule has 2 unspecified atom stereocenters. The fourth-order valence-corrected chi connectivity index (χ4v) is 5.86. The van der Waals surface area contributed by atoms with Gasteiger partial charge in [0.15, 0.2) is 17.3 Å². The Labute approximate surface area is 133 Å². The molecule has 0 amide bonds. The van der Waals surface area contributed by atoms with Crippen LogP contribution in [0.1, 0.15) is 42.5 Å². The summed E-state index contributed by atoms with van der Waals surface area (Å²) in [5.41, 5.74) is 0.661. The second-order valence-electron chi connectivity index (χ2n) is 6.11. The second kappa shape index (κ2) is 6.41. The fraction of sp³-hybridized carbons (Fsp3) is 0.588. The fourth-order valence-electron chi connectivity index (χ4n) is 3.67. The normalized spacial score (nSPS) is 30.6. The molecule has 0 aromatic heterocycles. The van der Waals surface area contributed by atoms with E-state index >= 15 is 0 Å². The summed E-state index contributed by atoms with van der Waals surface area (Å²) in [6, 6.07) is 5.32. The van der Waals surface area contributed by atoms with Gasteiger partial charge in [-0.15, -0.1) is 0 Å². The first-order chi connectivity index (χ1) is 10.6. The van der Waals surface area contributed by atoms with E-state index in [1.807, 2.05) is 0 Å². The third-order valence-corrected chi connectivity index (χ3v) is 7.01. The number of Topliss-reactive ketones (excluding diaryl/α,β-unsaturated/α-hetero) is 1. The van der Waals surface area contributed by atoms with Crippen LogP contribution in [0.25, 0.3) is 0 Å². The Hall–Kier alpha value is -1.36. The van der Waals surface area contributed by atoms with Crippen LogP contribution in [0.5, 0.6) is 11.5 Å². The topological polar surface area (TPSA) is 52.6 Å². The zero-order chi connectivity index (χ0) is 15.7. The smallest absolute Gasteiger partial charge is 0.166 e. The standard InChI is InChI=1S/C17H22O4S/c1-20-15-7-6-11(10-16(15)21-2)17(18)12-8-13-4-3-5-14(9-12)22(13)19/h6-7,10,12-14H,3-5,8-9H2,1-2H3. The van der Waals surface area contributed by atoms with Gasteiger partial charge >= 0.3 is 0 Å². The number of ether oxygens (including phenoxy) is 2. The lowest BCUT2D eigenvalue weighted by Crippen LogP contribution is -2.41. The average Bonchev–Trinajstić information content (AvgIpc) is 2.53. The van der Waals surface area contributed by atoms with E-state index in [1.54, 1.807) is 32.4 Å². The Morgan fingerprint density at radius 3 is 2.32 bits per heavy atom. The average molecular weight is 322 g/mol. The molecule has 0 saturated carbocycles. The summed E-state index contributed by atoms with van der Waals surface area (Å²) >= 11 is 0. The van der Waals surface area contributed by atoms with Crippen LogP contribution in [0.2, 0.25) is 0 Å². The van der Waals surface area contributed by atoms with Gasteiger partial charge < -0.3 is 9.47 Å². The molecule has 2 bridgehead atoms. The SMILES string of the molecule is COc1ccc(C(=O)C2CC3CCCC(C2)S3=O)cc1OC. The van der Waals surface area contributed by atoms with Crippen LogP contribution in [0.3, 0.4) is 0 Å². The van der Waals surface area contributed by atoms with E-state index in [9.17, 15) is 9.00 Å². The van der Waals surface area contributed by atoms with Crippen LogP contribution >= 0.6 is 0 Å². The van der Waals surface area contributed by atoms with Gasteiger partial charge in [0.25, 0.3) is 0 Å². The number of ketones is 1. The monoisotopic (exact) mass is 322 g/mol. The van der Waals surface area contributed by atoms with Crippen LogP contribution in [0.4, 0.5) is 0 Å². The Bertz CT molecular complexity index is 582. The lowest BCUT2D eigenvalue weighted by Gasteiger charge is -2.37. The maximum atomic E-state index is 12.8. The highest BCUT2D eigenvalue weighted by atomic mass is 32.2. The van der Waals surface area contributed by atoms with Crippen molar-refractivity contribution in [3.63, 3.8) is 0 Å². The highest BCUT2D eigenvalue weighted by Crippen LogP contribution is 2.39. The van der Waals surface area contributed by atoms with Gasteiger partial charge in [0, 0.05) is 32.8 Å². The molecule has 2 heterocycles. The number of benzene rings is 1. The molecule has 5 heteroatoms. The van der Waals surface area contributed by atoms with E-state index in [0.717, 1.165) is 32.1 Å². The summed E-state index contributed by atoms with van der Waals surface area (Å²) in [5, 5.41) is 0.420. The van der Waals surface area contributed by atoms with Crippen LogP contribution in [0, 0.1) is 5.92 Å². The van der Waals surface area contributed by atoms with Crippen molar-refractivity contribution in [3.05, 3.63) is 23.8 Å². The number of rotatable bonds is 4. The molecular formula is C17H22O4S. The number of fused-ring (bicyclic) bond motifs is 2. The molecule has 1 aromatic rings. The number of carbonyl (C=O) groups excluding carboxylic acids is 1. The van der Waals surface area contributed by atoms with Crippen molar-refractivity contribution < 1.29 is 18.5 Å². The quantitative estimate of drug-likeness (QED) is 0.800. The number of methoxy groups -OCH3 is 2. The number of hydrogen-bond acceptors (Lipinski definition) is 4. The molecule has 2 fully saturated rings. The van der Waals surface area contributed by atoms with Crippen LogP contribution in [-0.2, 0) is 10.8 Å². The van der Waals surface area contributed by atoms with Crippen molar-refractivity contribution in [2.75, 3.05) is 14.2 Å². The van der Waals surface area contributed by atoms with Crippen molar-refractivity contribution in [2.45, 2.75) is 42.6 Å². The summed E-state index contributed by atoms with van der Waals surface area (Å²) in [4.78, 5) is 12.8. The summed E-state index contributed by atoms with van der Waals surface area (Å²) in [6.45, 7) is 0. The highest BCUT2D eigenvalue weighted by molar-refractivity contribution is 7.86. The molecule has 1 aromatic carbocycles. The number of carbonyl (C=O) groups is 1. The Morgan fingerprint density at radius 2 is 1.73 bits per heavy atom. The summed E-state index contributed by atoms with van der Waals surface area (Å²) in [5.74, 6) is 1.34. The molecule has 2 saturated heterocycles. The van der Waals surface area contributed by atoms with Gasteiger partial charge in [-0.1, -0.05) is 6.42 Å². The van der Waals surface area contributed by atoms with E-state index in [0.29, 0.717) is 17.1 Å². The molecule has 3 rings (SSSR count). The van der Waals surface area contributed by atoms with Gasteiger partial charge in [-0.3, -0.25) is 9.00 Å². The van der Waals surface area contributed by atoms with Crippen LogP contribution in [0.15, 0.2) is 18.2 Å². The van der Waals surface area contributed by atoms with Gasteiger partial charge in [-0.25, -0.2) is 0 Å². The second-order valence-corrected chi connectivity index (χ2v) is 8.10. The van der Waals surface area contributed by atoms with Crippen LogP contribution in [-0.4, -0.2) is 34.7 Å². The van der Waals surface area contributed by atoms with Crippen molar-refractivity contribution in [1.29, 1.82) is 0 Å². The molecule has 2 aliphatic rings.